The van der Waals surface area contributed by atoms with Crippen LogP contribution in [0.3, 0.4) is 0 Å². The molecule has 0 fully saturated rings. The van der Waals surface area contributed by atoms with Gasteiger partial charge in [-0.3, -0.25) is 9.10 Å². The molecule has 0 spiro atoms. The second-order valence-corrected chi connectivity index (χ2v) is 8.86. The number of halogens is 1. The molecule has 150 valence electrons. The van der Waals surface area contributed by atoms with Crippen LogP contribution in [-0.4, -0.2) is 40.3 Å². The lowest BCUT2D eigenvalue weighted by atomic mass is 10.1. The maximum atomic E-state index is 12.7. The van der Waals surface area contributed by atoms with Crippen LogP contribution in [0.2, 0.25) is 5.02 Å². The molecule has 0 aliphatic carbocycles. The number of anilines is 1. The standard InChI is InChI=1S/C19H21ClN2O5S/c1-12(13-4-7-15(26-2)8-5-13)21-19(23)18-11-22(28(3,24)25)16-10-14(20)6-9-17(16)27-18/h4-10,12,18H,11H2,1-3H3,(H,21,23)/t12-,18-/m1/s1. The summed E-state index contributed by atoms with van der Waals surface area (Å²) in [5.74, 6) is 0.604. The first-order valence-corrected chi connectivity index (χ1v) is 10.8. The van der Waals surface area contributed by atoms with Crippen LogP contribution in [0.4, 0.5) is 5.69 Å². The van der Waals surface area contributed by atoms with Crippen LogP contribution in [-0.2, 0) is 14.8 Å². The number of nitrogens with zero attached hydrogens (tertiary/aromatic N) is 1. The number of amides is 1. The van der Waals surface area contributed by atoms with Gasteiger partial charge in [-0.25, -0.2) is 8.42 Å². The lowest BCUT2D eigenvalue weighted by Crippen LogP contribution is -2.50. The molecule has 0 radical (unpaired) electrons. The number of nitrogens with one attached hydrogen (secondary N) is 1. The summed E-state index contributed by atoms with van der Waals surface area (Å²) in [4.78, 5) is 12.7. The number of carbonyl (C=O) groups excluding carboxylic acids is 1. The fraction of sp³-hybridized carbons (Fsp3) is 0.316. The van der Waals surface area contributed by atoms with Crippen LogP contribution in [0.1, 0.15) is 18.5 Å². The second-order valence-electron chi connectivity index (χ2n) is 6.52. The highest BCUT2D eigenvalue weighted by Gasteiger charge is 2.35. The van der Waals surface area contributed by atoms with Crippen LogP contribution < -0.4 is 19.1 Å². The van der Waals surface area contributed by atoms with Crippen LogP contribution in [0.25, 0.3) is 0 Å². The van der Waals surface area contributed by atoms with Gasteiger partial charge in [0.15, 0.2) is 6.10 Å². The summed E-state index contributed by atoms with van der Waals surface area (Å²) in [6, 6.07) is 11.7. The van der Waals surface area contributed by atoms with Gasteiger partial charge in [0, 0.05) is 5.02 Å². The van der Waals surface area contributed by atoms with Crippen molar-refractivity contribution in [3.05, 3.63) is 53.1 Å². The summed E-state index contributed by atoms with van der Waals surface area (Å²) in [6.45, 7) is 1.71. The predicted octanol–water partition coefficient (Wildman–Crippen LogP) is 2.75. The second kappa shape index (κ2) is 7.89. The molecule has 1 N–H and O–H groups in total. The number of carbonyl (C=O) groups is 1. The van der Waals surface area contributed by atoms with E-state index in [4.69, 9.17) is 21.1 Å². The van der Waals surface area contributed by atoms with Crippen molar-refractivity contribution < 1.29 is 22.7 Å². The van der Waals surface area contributed by atoms with Gasteiger partial charge >= 0.3 is 0 Å². The Morgan fingerprint density at radius 3 is 2.57 bits per heavy atom. The molecule has 1 aliphatic heterocycles. The molecule has 1 amide bonds. The maximum Gasteiger partial charge on any atom is 0.263 e. The van der Waals surface area contributed by atoms with Gasteiger partial charge in [-0.15, -0.1) is 0 Å². The minimum Gasteiger partial charge on any atom is -0.497 e. The first kappa shape index (κ1) is 20.3. The van der Waals surface area contributed by atoms with Gasteiger partial charge in [-0.1, -0.05) is 23.7 Å². The Balaban J connectivity index is 1.79. The van der Waals surface area contributed by atoms with Crippen LogP contribution in [0, 0.1) is 0 Å². The van der Waals surface area contributed by atoms with Gasteiger partial charge in [0.2, 0.25) is 10.0 Å². The molecule has 2 aromatic carbocycles. The summed E-state index contributed by atoms with van der Waals surface area (Å²) >= 11 is 5.98. The molecule has 0 aromatic heterocycles. The van der Waals surface area contributed by atoms with E-state index in [2.05, 4.69) is 5.32 Å². The zero-order chi connectivity index (χ0) is 20.5. The van der Waals surface area contributed by atoms with E-state index in [1.807, 2.05) is 19.1 Å². The van der Waals surface area contributed by atoms with E-state index < -0.39 is 22.0 Å². The Kier molecular flexibility index (Phi) is 5.71. The number of ether oxygens (including phenoxy) is 2. The summed E-state index contributed by atoms with van der Waals surface area (Å²) in [6.07, 6.45) is 0.0990. The van der Waals surface area contributed by atoms with Crippen molar-refractivity contribution in [2.75, 3.05) is 24.2 Å². The average Bonchev–Trinajstić information content (AvgIpc) is 2.66. The molecular formula is C19H21ClN2O5S. The van der Waals surface area contributed by atoms with E-state index in [1.165, 1.54) is 6.07 Å². The van der Waals surface area contributed by atoms with E-state index in [1.54, 1.807) is 31.4 Å². The quantitative estimate of drug-likeness (QED) is 0.797. The molecule has 7 nitrogen and oxygen atoms in total. The van der Waals surface area contributed by atoms with E-state index in [9.17, 15) is 13.2 Å². The highest BCUT2D eigenvalue weighted by molar-refractivity contribution is 7.92. The molecule has 2 aromatic rings. The normalized spacial score (nSPS) is 17.3. The third-order valence-electron chi connectivity index (χ3n) is 4.46. The van der Waals surface area contributed by atoms with Gasteiger partial charge in [0.25, 0.3) is 5.91 Å². The van der Waals surface area contributed by atoms with E-state index >= 15 is 0 Å². The summed E-state index contributed by atoms with van der Waals surface area (Å²) in [5.41, 5.74) is 1.21. The van der Waals surface area contributed by atoms with Gasteiger partial charge < -0.3 is 14.8 Å². The molecule has 0 unspecified atom stereocenters. The number of hydrogen-bond acceptors (Lipinski definition) is 5. The Hall–Kier alpha value is -2.45. The Morgan fingerprint density at radius 2 is 1.96 bits per heavy atom. The van der Waals surface area contributed by atoms with E-state index in [0.29, 0.717) is 16.5 Å². The number of sulfonamides is 1. The molecule has 9 heteroatoms. The molecule has 2 atom stereocenters. The maximum absolute atomic E-state index is 12.7. The minimum atomic E-state index is -3.61. The Bertz CT molecular complexity index is 978. The molecule has 1 aliphatic rings. The van der Waals surface area contributed by atoms with Crippen molar-refractivity contribution in [2.45, 2.75) is 19.1 Å². The van der Waals surface area contributed by atoms with Crippen molar-refractivity contribution in [1.82, 2.24) is 5.32 Å². The van der Waals surface area contributed by atoms with Crippen molar-refractivity contribution >= 4 is 33.2 Å². The molecule has 0 bridgehead atoms. The van der Waals surface area contributed by atoms with Gasteiger partial charge in [0.05, 0.1) is 31.6 Å². The van der Waals surface area contributed by atoms with Crippen LogP contribution >= 0.6 is 11.6 Å². The van der Waals surface area contributed by atoms with Gasteiger partial charge in [-0.05, 0) is 42.8 Å². The summed E-state index contributed by atoms with van der Waals surface area (Å²) < 4.78 is 36.5. The molecule has 28 heavy (non-hydrogen) atoms. The smallest absolute Gasteiger partial charge is 0.263 e. The first-order chi connectivity index (χ1) is 13.2. The molecular weight excluding hydrogens is 404 g/mol. The van der Waals surface area contributed by atoms with E-state index in [-0.39, 0.29) is 12.6 Å². The molecule has 0 saturated heterocycles. The fourth-order valence-electron chi connectivity index (χ4n) is 2.96. The SMILES string of the molecule is COc1ccc([C@@H](C)NC(=O)[C@H]2CN(S(C)(=O)=O)c3cc(Cl)ccc3O2)cc1. The molecule has 1 heterocycles. The minimum absolute atomic E-state index is 0.132. The number of fused-ring (bicyclic) bond motifs is 1. The van der Waals surface area contributed by atoms with E-state index in [0.717, 1.165) is 21.9 Å². The number of rotatable bonds is 5. The third kappa shape index (κ3) is 4.34. The van der Waals surface area contributed by atoms with Crippen molar-refractivity contribution in [2.24, 2.45) is 0 Å². The number of hydrogen-bond donors (Lipinski definition) is 1. The lowest BCUT2D eigenvalue weighted by molar-refractivity contribution is -0.128. The zero-order valence-corrected chi connectivity index (χ0v) is 17.3. The highest BCUT2D eigenvalue weighted by atomic mass is 35.5. The zero-order valence-electron chi connectivity index (χ0n) is 15.7. The van der Waals surface area contributed by atoms with Crippen LogP contribution in [0.15, 0.2) is 42.5 Å². The lowest BCUT2D eigenvalue weighted by Gasteiger charge is -2.34. The van der Waals surface area contributed by atoms with Crippen molar-refractivity contribution in [3.63, 3.8) is 0 Å². The van der Waals surface area contributed by atoms with Gasteiger partial charge in [0.1, 0.15) is 11.5 Å². The third-order valence-corrected chi connectivity index (χ3v) is 5.84. The molecule has 0 saturated carbocycles. The highest BCUT2D eigenvalue weighted by Crippen LogP contribution is 2.37. The largest absolute Gasteiger partial charge is 0.497 e. The Morgan fingerprint density at radius 1 is 1.29 bits per heavy atom. The number of benzene rings is 2. The molecule has 3 rings (SSSR count). The first-order valence-electron chi connectivity index (χ1n) is 8.57. The topological polar surface area (TPSA) is 84.9 Å². The summed E-state index contributed by atoms with van der Waals surface area (Å²) in [5, 5.41) is 3.25. The number of methoxy groups -OCH3 is 1. The predicted molar refractivity (Wildman–Crippen MR) is 108 cm³/mol. The van der Waals surface area contributed by atoms with Crippen molar-refractivity contribution in [1.29, 1.82) is 0 Å². The van der Waals surface area contributed by atoms with Crippen LogP contribution in [0.5, 0.6) is 11.5 Å². The van der Waals surface area contributed by atoms with Crippen molar-refractivity contribution in [3.8, 4) is 11.5 Å². The summed E-state index contributed by atoms with van der Waals surface area (Å²) in [7, 11) is -2.03. The Labute approximate surface area is 169 Å². The monoisotopic (exact) mass is 424 g/mol. The average molecular weight is 425 g/mol. The van der Waals surface area contributed by atoms with Gasteiger partial charge in [-0.2, -0.15) is 0 Å². The fourth-order valence-corrected chi connectivity index (χ4v) is 4.03.